The van der Waals surface area contributed by atoms with Gasteiger partial charge < -0.3 is 20.7 Å². The maximum absolute atomic E-state index is 10.1. The molecule has 33 heavy (non-hydrogen) atoms. The van der Waals surface area contributed by atoms with Crippen LogP contribution in [0.3, 0.4) is 0 Å². The number of nitrogens with one attached hydrogen (secondary N) is 1. The van der Waals surface area contributed by atoms with Crippen LogP contribution in [0.25, 0.3) is 33.2 Å². The van der Waals surface area contributed by atoms with Crippen LogP contribution in [0.1, 0.15) is 33.1 Å². The van der Waals surface area contributed by atoms with Gasteiger partial charge in [-0.1, -0.05) is 17.7 Å². The number of aromatic amines is 1. The predicted molar refractivity (Wildman–Crippen MR) is 130 cm³/mol. The van der Waals surface area contributed by atoms with E-state index in [0.717, 1.165) is 52.0 Å². The summed E-state index contributed by atoms with van der Waals surface area (Å²) in [7, 11) is 0. The number of nitrogens with two attached hydrogens (primary N) is 1. The van der Waals surface area contributed by atoms with E-state index in [-0.39, 0.29) is 0 Å². The van der Waals surface area contributed by atoms with Crippen LogP contribution in [-0.4, -0.2) is 54.1 Å². The Bertz CT molecular complexity index is 1350. The Balaban J connectivity index is 1.36. The molecule has 7 rings (SSSR count). The summed E-state index contributed by atoms with van der Waals surface area (Å²) in [5, 5.41) is 16.1. The number of hydrogen-bond donors (Lipinski definition) is 3. The van der Waals surface area contributed by atoms with Crippen LogP contribution >= 0.6 is 11.6 Å². The van der Waals surface area contributed by atoms with Crippen LogP contribution in [0.5, 0.6) is 0 Å². The molecule has 5 heterocycles. The number of anilines is 1. The van der Waals surface area contributed by atoms with Gasteiger partial charge in [0.15, 0.2) is 5.65 Å². The zero-order valence-electron chi connectivity index (χ0n) is 18.8. The van der Waals surface area contributed by atoms with E-state index in [0.29, 0.717) is 29.6 Å². The van der Waals surface area contributed by atoms with Gasteiger partial charge in [-0.25, -0.2) is 9.97 Å². The Morgan fingerprint density at radius 2 is 2.12 bits per heavy atom. The summed E-state index contributed by atoms with van der Waals surface area (Å²) >= 11 is 6.83. The zero-order valence-corrected chi connectivity index (χ0v) is 19.5. The molecule has 2 bridgehead atoms. The second-order valence-corrected chi connectivity index (χ2v) is 10.5. The zero-order chi connectivity index (χ0) is 22.9. The molecule has 1 aromatic carbocycles. The SMILES string of the molecule is CC(C)(O)Cn1cc2c(Cl)c(-c3c[nH]c4nc(N5CC6CC[C@@H]5C[C@@H]6N)cnc34)ccc2n1. The molecule has 172 valence electrons. The van der Waals surface area contributed by atoms with Gasteiger partial charge in [-0.05, 0) is 45.1 Å². The van der Waals surface area contributed by atoms with Gasteiger partial charge in [0, 0.05) is 47.5 Å². The highest BCUT2D eigenvalue weighted by atomic mass is 35.5. The minimum Gasteiger partial charge on any atom is -0.389 e. The van der Waals surface area contributed by atoms with Gasteiger partial charge in [-0.2, -0.15) is 5.10 Å². The lowest BCUT2D eigenvalue weighted by Crippen LogP contribution is -2.57. The van der Waals surface area contributed by atoms with E-state index >= 15 is 0 Å². The molecule has 3 aromatic heterocycles. The van der Waals surface area contributed by atoms with E-state index in [9.17, 15) is 5.11 Å². The molecule has 2 saturated heterocycles. The van der Waals surface area contributed by atoms with Crippen molar-refractivity contribution in [2.45, 2.75) is 57.3 Å². The van der Waals surface area contributed by atoms with Crippen molar-refractivity contribution in [3.63, 3.8) is 0 Å². The van der Waals surface area contributed by atoms with Crippen molar-refractivity contribution in [2.75, 3.05) is 11.4 Å². The minimum atomic E-state index is -0.861. The van der Waals surface area contributed by atoms with Crippen molar-refractivity contribution in [1.82, 2.24) is 24.7 Å². The largest absolute Gasteiger partial charge is 0.389 e. The lowest BCUT2D eigenvalue weighted by Gasteiger charge is -2.48. The Morgan fingerprint density at radius 3 is 2.85 bits per heavy atom. The van der Waals surface area contributed by atoms with Crippen LogP contribution in [0, 0.1) is 5.92 Å². The van der Waals surface area contributed by atoms with Crippen LogP contribution in [0.2, 0.25) is 5.02 Å². The van der Waals surface area contributed by atoms with Crippen LogP contribution in [-0.2, 0) is 6.54 Å². The Kier molecular flexibility index (Phi) is 4.69. The molecule has 8 nitrogen and oxygen atoms in total. The summed E-state index contributed by atoms with van der Waals surface area (Å²) in [4.78, 5) is 15.4. The van der Waals surface area contributed by atoms with Crippen LogP contribution in [0.15, 0.2) is 30.7 Å². The quantitative estimate of drug-likeness (QED) is 0.424. The molecule has 1 unspecified atom stereocenters. The maximum atomic E-state index is 10.1. The lowest BCUT2D eigenvalue weighted by atomic mass is 9.76. The maximum Gasteiger partial charge on any atom is 0.159 e. The van der Waals surface area contributed by atoms with E-state index < -0.39 is 5.60 Å². The van der Waals surface area contributed by atoms with Crippen molar-refractivity contribution >= 4 is 39.5 Å². The fourth-order valence-corrected chi connectivity index (χ4v) is 5.77. The number of nitrogens with zero attached hydrogens (tertiary/aromatic N) is 5. The van der Waals surface area contributed by atoms with Crippen molar-refractivity contribution in [3.05, 3.63) is 35.7 Å². The van der Waals surface area contributed by atoms with E-state index in [4.69, 9.17) is 27.3 Å². The van der Waals surface area contributed by atoms with E-state index in [1.165, 1.54) is 12.8 Å². The van der Waals surface area contributed by atoms with Crippen molar-refractivity contribution < 1.29 is 5.11 Å². The highest BCUT2D eigenvalue weighted by Crippen LogP contribution is 2.39. The summed E-state index contributed by atoms with van der Waals surface area (Å²) in [6.07, 6.45) is 9.08. The fourth-order valence-electron chi connectivity index (χ4n) is 5.46. The normalized spacial score (nSPS) is 23.2. The van der Waals surface area contributed by atoms with Gasteiger partial charge >= 0.3 is 0 Å². The molecular weight excluding hydrogens is 438 g/mol. The standard InChI is InChI=1S/C24H28ClN7O/c1-24(2,33)12-31-11-17-19(30-31)6-5-15(21(17)25)16-8-28-23-22(16)27-9-20(29-23)32-10-13-3-4-14(32)7-18(13)26/h5-6,8-9,11,13-14,18,33H,3-4,7,10,12,26H2,1-2H3,(H,28,29)/t13?,14-,18+/m1/s1. The van der Waals surface area contributed by atoms with E-state index in [1.807, 2.05) is 30.7 Å². The first-order chi connectivity index (χ1) is 15.8. The first-order valence-corrected chi connectivity index (χ1v) is 11.9. The molecule has 4 N–H and O–H groups in total. The average molecular weight is 466 g/mol. The topological polar surface area (TPSA) is 109 Å². The molecule has 3 fully saturated rings. The summed E-state index contributed by atoms with van der Waals surface area (Å²) in [5.41, 5.74) is 9.57. The molecular formula is C24H28ClN7O. The fraction of sp³-hybridized carbons (Fsp3) is 0.458. The molecule has 1 aliphatic carbocycles. The third-order valence-electron chi connectivity index (χ3n) is 7.06. The molecule has 0 amide bonds. The Hall–Kier alpha value is -2.68. The average Bonchev–Trinajstić information content (AvgIpc) is 3.37. The highest BCUT2D eigenvalue weighted by molar-refractivity contribution is 6.38. The molecule has 1 saturated carbocycles. The van der Waals surface area contributed by atoms with Gasteiger partial charge in [0.25, 0.3) is 0 Å². The summed E-state index contributed by atoms with van der Waals surface area (Å²) in [6.45, 7) is 4.86. The highest BCUT2D eigenvalue weighted by Gasteiger charge is 2.39. The number of halogens is 1. The molecule has 3 aliphatic rings. The first kappa shape index (κ1) is 20.9. The van der Waals surface area contributed by atoms with Gasteiger partial charge in [-0.15, -0.1) is 0 Å². The number of aliphatic hydroxyl groups is 1. The number of rotatable bonds is 4. The number of benzene rings is 1. The van der Waals surface area contributed by atoms with Crippen molar-refractivity contribution in [2.24, 2.45) is 11.7 Å². The number of aromatic nitrogens is 5. The van der Waals surface area contributed by atoms with Crippen molar-refractivity contribution in [3.8, 4) is 11.1 Å². The second-order valence-electron chi connectivity index (χ2n) is 10.2. The van der Waals surface area contributed by atoms with E-state index in [1.54, 1.807) is 18.5 Å². The summed E-state index contributed by atoms with van der Waals surface area (Å²) in [5.74, 6) is 1.45. The van der Waals surface area contributed by atoms with Gasteiger partial charge in [0.05, 0.1) is 28.9 Å². The summed E-state index contributed by atoms with van der Waals surface area (Å²) in [6, 6.07) is 4.67. The monoisotopic (exact) mass is 465 g/mol. The molecule has 0 radical (unpaired) electrons. The lowest BCUT2D eigenvalue weighted by molar-refractivity contribution is 0.0580. The third-order valence-corrected chi connectivity index (χ3v) is 7.47. The molecule has 0 spiro atoms. The summed E-state index contributed by atoms with van der Waals surface area (Å²) < 4.78 is 1.74. The first-order valence-electron chi connectivity index (χ1n) is 11.5. The number of piperidine rings is 2. The third kappa shape index (κ3) is 3.57. The number of hydrogen-bond acceptors (Lipinski definition) is 6. The van der Waals surface area contributed by atoms with Gasteiger partial charge in [-0.3, -0.25) is 4.68 Å². The molecule has 3 atom stereocenters. The Labute approximate surface area is 196 Å². The number of fused-ring (bicyclic) bond motifs is 5. The van der Waals surface area contributed by atoms with E-state index in [2.05, 4.69) is 15.0 Å². The van der Waals surface area contributed by atoms with Crippen molar-refractivity contribution in [1.29, 1.82) is 0 Å². The van der Waals surface area contributed by atoms with Crippen LogP contribution in [0.4, 0.5) is 5.82 Å². The molecule has 9 heteroatoms. The molecule has 4 aromatic rings. The molecule has 2 aliphatic heterocycles. The Morgan fingerprint density at radius 1 is 1.27 bits per heavy atom. The number of H-pyrrole nitrogens is 1. The van der Waals surface area contributed by atoms with Crippen LogP contribution < -0.4 is 10.6 Å². The second kappa shape index (κ2) is 7.41. The minimum absolute atomic E-state index is 0.304. The van der Waals surface area contributed by atoms with Gasteiger partial charge in [0.1, 0.15) is 11.3 Å². The van der Waals surface area contributed by atoms with Gasteiger partial charge in [0.2, 0.25) is 0 Å². The predicted octanol–water partition coefficient (Wildman–Crippen LogP) is 3.71. The smallest absolute Gasteiger partial charge is 0.159 e.